The maximum absolute atomic E-state index is 12.5. The van der Waals surface area contributed by atoms with E-state index in [0.29, 0.717) is 22.3 Å². The number of hydrogen-bond acceptors (Lipinski definition) is 4. The number of benzene rings is 1. The zero-order valence-electron chi connectivity index (χ0n) is 13.2. The number of rotatable bonds is 4. The zero-order chi connectivity index (χ0) is 17.1. The minimum absolute atomic E-state index is 0.276. The van der Waals surface area contributed by atoms with Gasteiger partial charge in [0, 0.05) is 23.5 Å². The van der Waals surface area contributed by atoms with Crippen LogP contribution in [0.25, 0.3) is 5.82 Å². The number of carbonyl (C=O) groups excluding carboxylic acids is 1. The van der Waals surface area contributed by atoms with Gasteiger partial charge in [0.25, 0.3) is 5.91 Å². The molecular weight excluding hydrogens is 328 g/mol. The fourth-order valence-electron chi connectivity index (χ4n) is 2.20. The molecule has 0 aliphatic heterocycles. The van der Waals surface area contributed by atoms with E-state index in [-0.39, 0.29) is 11.6 Å². The molecule has 2 aromatic heterocycles. The average Bonchev–Trinajstić information content (AvgIpc) is 3.12. The number of anilines is 1. The van der Waals surface area contributed by atoms with Gasteiger partial charge < -0.3 is 10.1 Å². The van der Waals surface area contributed by atoms with Gasteiger partial charge in [-0.1, -0.05) is 17.7 Å². The highest BCUT2D eigenvalue weighted by molar-refractivity contribution is 6.31. The van der Waals surface area contributed by atoms with E-state index in [2.05, 4.69) is 15.4 Å². The van der Waals surface area contributed by atoms with Crippen molar-refractivity contribution in [3.63, 3.8) is 0 Å². The van der Waals surface area contributed by atoms with E-state index in [4.69, 9.17) is 16.3 Å². The fraction of sp³-hybridized carbons (Fsp3) is 0.118. The Balaban J connectivity index is 1.88. The molecule has 7 heteroatoms. The number of nitrogens with zero attached hydrogens (tertiary/aromatic N) is 3. The lowest BCUT2D eigenvalue weighted by molar-refractivity contribution is 0.102. The third kappa shape index (κ3) is 3.23. The van der Waals surface area contributed by atoms with Gasteiger partial charge in [0.15, 0.2) is 5.82 Å². The van der Waals surface area contributed by atoms with E-state index in [1.165, 1.54) is 7.11 Å². The number of carbonyl (C=O) groups is 1. The number of halogens is 1. The topological polar surface area (TPSA) is 69.0 Å². The molecule has 1 aromatic carbocycles. The van der Waals surface area contributed by atoms with Crippen LogP contribution in [-0.4, -0.2) is 27.8 Å². The summed E-state index contributed by atoms with van der Waals surface area (Å²) in [4.78, 5) is 16.8. The standard InChI is InChI=1S/C17H15ClN4O2/c1-11-9-14(15(24-2)10-12(11)18)21-17(23)13-5-3-6-16(20-13)22-8-4-7-19-22/h3-10H,1-2H3,(H,21,23). The van der Waals surface area contributed by atoms with Crippen LogP contribution < -0.4 is 10.1 Å². The predicted molar refractivity (Wildman–Crippen MR) is 92.1 cm³/mol. The van der Waals surface area contributed by atoms with Crippen molar-refractivity contribution in [1.29, 1.82) is 0 Å². The summed E-state index contributed by atoms with van der Waals surface area (Å²) in [6, 6.07) is 10.4. The van der Waals surface area contributed by atoms with Gasteiger partial charge in [0.2, 0.25) is 0 Å². The maximum Gasteiger partial charge on any atom is 0.274 e. The van der Waals surface area contributed by atoms with Crippen LogP contribution in [0.5, 0.6) is 5.75 Å². The van der Waals surface area contributed by atoms with E-state index in [1.54, 1.807) is 53.5 Å². The molecule has 24 heavy (non-hydrogen) atoms. The Morgan fingerprint density at radius 3 is 2.83 bits per heavy atom. The number of ether oxygens (including phenoxy) is 1. The average molecular weight is 343 g/mol. The van der Waals surface area contributed by atoms with E-state index >= 15 is 0 Å². The highest BCUT2D eigenvalue weighted by atomic mass is 35.5. The summed E-state index contributed by atoms with van der Waals surface area (Å²) < 4.78 is 6.85. The number of amides is 1. The lowest BCUT2D eigenvalue weighted by Crippen LogP contribution is -2.15. The van der Waals surface area contributed by atoms with Crippen LogP contribution in [0.3, 0.4) is 0 Å². The quantitative estimate of drug-likeness (QED) is 0.788. The summed E-state index contributed by atoms with van der Waals surface area (Å²) in [5, 5.41) is 7.48. The Hall–Kier alpha value is -2.86. The number of pyridine rings is 1. The minimum atomic E-state index is -0.343. The second-order valence-corrected chi connectivity index (χ2v) is 5.49. The van der Waals surface area contributed by atoms with Crippen molar-refractivity contribution >= 4 is 23.2 Å². The van der Waals surface area contributed by atoms with Gasteiger partial charge in [-0.15, -0.1) is 0 Å². The Bertz CT molecular complexity index is 878. The third-order valence-electron chi connectivity index (χ3n) is 3.44. The number of aromatic nitrogens is 3. The minimum Gasteiger partial charge on any atom is -0.495 e. The molecule has 0 unspecified atom stereocenters. The molecule has 0 saturated carbocycles. The molecule has 0 radical (unpaired) electrons. The first kappa shape index (κ1) is 16.0. The first-order valence-corrected chi connectivity index (χ1v) is 7.59. The van der Waals surface area contributed by atoms with Crippen molar-refractivity contribution in [2.45, 2.75) is 6.92 Å². The van der Waals surface area contributed by atoms with E-state index in [0.717, 1.165) is 5.56 Å². The maximum atomic E-state index is 12.5. The fourth-order valence-corrected chi connectivity index (χ4v) is 2.35. The van der Waals surface area contributed by atoms with Crippen molar-refractivity contribution in [1.82, 2.24) is 14.8 Å². The van der Waals surface area contributed by atoms with Crippen LogP contribution in [0.2, 0.25) is 5.02 Å². The Labute approximate surface area is 144 Å². The molecule has 6 nitrogen and oxygen atoms in total. The molecular formula is C17H15ClN4O2. The first-order chi connectivity index (χ1) is 11.6. The van der Waals surface area contributed by atoms with Gasteiger partial charge in [-0.2, -0.15) is 5.10 Å². The van der Waals surface area contributed by atoms with Crippen LogP contribution in [0.1, 0.15) is 16.1 Å². The summed E-state index contributed by atoms with van der Waals surface area (Å²) in [5.74, 6) is 0.707. The largest absolute Gasteiger partial charge is 0.495 e. The molecule has 3 rings (SSSR count). The summed E-state index contributed by atoms with van der Waals surface area (Å²) in [6.07, 6.45) is 3.41. The summed E-state index contributed by atoms with van der Waals surface area (Å²) >= 11 is 6.08. The van der Waals surface area contributed by atoms with Crippen molar-refractivity contribution in [2.24, 2.45) is 0 Å². The Morgan fingerprint density at radius 2 is 2.12 bits per heavy atom. The second kappa shape index (κ2) is 6.72. The van der Waals surface area contributed by atoms with Gasteiger partial charge in [-0.3, -0.25) is 4.79 Å². The molecule has 2 heterocycles. The lowest BCUT2D eigenvalue weighted by atomic mass is 10.2. The van der Waals surface area contributed by atoms with E-state index in [9.17, 15) is 4.79 Å². The normalized spacial score (nSPS) is 10.5. The number of hydrogen-bond donors (Lipinski definition) is 1. The monoisotopic (exact) mass is 342 g/mol. The van der Waals surface area contributed by atoms with Gasteiger partial charge in [0.05, 0.1) is 12.8 Å². The smallest absolute Gasteiger partial charge is 0.274 e. The molecule has 122 valence electrons. The molecule has 0 spiro atoms. The van der Waals surface area contributed by atoms with Gasteiger partial charge in [-0.25, -0.2) is 9.67 Å². The summed E-state index contributed by atoms with van der Waals surface area (Å²) in [7, 11) is 1.52. The first-order valence-electron chi connectivity index (χ1n) is 7.21. The van der Waals surface area contributed by atoms with Crippen LogP contribution >= 0.6 is 11.6 Å². The van der Waals surface area contributed by atoms with Gasteiger partial charge in [0.1, 0.15) is 11.4 Å². The summed E-state index contributed by atoms with van der Waals surface area (Å²) in [6.45, 7) is 1.86. The predicted octanol–water partition coefficient (Wildman–Crippen LogP) is 3.49. The number of aryl methyl sites for hydroxylation is 1. The zero-order valence-corrected chi connectivity index (χ0v) is 13.9. The van der Waals surface area contributed by atoms with Crippen LogP contribution in [0.4, 0.5) is 5.69 Å². The van der Waals surface area contributed by atoms with Crippen LogP contribution in [-0.2, 0) is 0 Å². The molecule has 0 saturated heterocycles. The van der Waals surface area contributed by atoms with E-state index in [1.807, 2.05) is 6.92 Å². The number of nitrogens with one attached hydrogen (secondary N) is 1. The highest BCUT2D eigenvalue weighted by Gasteiger charge is 2.13. The number of methoxy groups -OCH3 is 1. The molecule has 0 fully saturated rings. The van der Waals surface area contributed by atoms with Crippen molar-refractivity contribution < 1.29 is 9.53 Å². The Kier molecular flexibility index (Phi) is 4.48. The van der Waals surface area contributed by atoms with Crippen LogP contribution in [0.15, 0.2) is 48.8 Å². The van der Waals surface area contributed by atoms with Gasteiger partial charge in [-0.05, 0) is 36.8 Å². The van der Waals surface area contributed by atoms with Gasteiger partial charge >= 0.3 is 0 Å². The molecule has 0 aliphatic carbocycles. The van der Waals surface area contributed by atoms with Crippen molar-refractivity contribution in [3.05, 3.63) is 65.1 Å². The van der Waals surface area contributed by atoms with Crippen molar-refractivity contribution in [3.8, 4) is 11.6 Å². The molecule has 3 aromatic rings. The molecule has 0 atom stereocenters. The Morgan fingerprint density at radius 1 is 1.29 bits per heavy atom. The SMILES string of the molecule is COc1cc(Cl)c(C)cc1NC(=O)c1cccc(-n2cccn2)n1. The third-order valence-corrected chi connectivity index (χ3v) is 3.84. The highest BCUT2D eigenvalue weighted by Crippen LogP contribution is 2.31. The molecule has 1 amide bonds. The second-order valence-electron chi connectivity index (χ2n) is 5.09. The molecule has 1 N–H and O–H groups in total. The molecule has 0 aliphatic rings. The van der Waals surface area contributed by atoms with Crippen molar-refractivity contribution in [2.75, 3.05) is 12.4 Å². The summed E-state index contributed by atoms with van der Waals surface area (Å²) in [5.41, 5.74) is 1.65. The van der Waals surface area contributed by atoms with Crippen LogP contribution in [0, 0.1) is 6.92 Å². The van der Waals surface area contributed by atoms with E-state index < -0.39 is 0 Å². The molecule has 0 bridgehead atoms. The lowest BCUT2D eigenvalue weighted by Gasteiger charge is -2.12.